The van der Waals surface area contributed by atoms with E-state index in [0.717, 1.165) is 12.8 Å². The molecule has 5 nitrogen and oxygen atoms in total. The molecule has 19 heavy (non-hydrogen) atoms. The lowest BCUT2D eigenvalue weighted by molar-refractivity contribution is -0.116. The van der Waals surface area contributed by atoms with Crippen LogP contribution in [0.15, 0.2) is 12.7 Å². The fraction of sp³-hybridized carbons (Fsp3) is 0.714. The number of ether oxygens (including phenoxy) is 2. The predicted octanol–water partition coefficient (Wildman–Crippen LogP) is 1.08. The van der Waals surface area contributed by atoms with Gasteiger partial charge < -0.3 is 19.9 Å². The largest absolute Gasteiger partial charge is 0.388 e. The Morgan fingerprint density at radius 3 is 2.79 bits per heavy atom. The van der Waals surface area contributed by atoms with Crippen LogP contribution in [0.4, 0.5) is 0 Å². The predicted molar refractivity (Wildman–Crippen MR) is 74.7 cm³/mol. The van der Waals surface area contributed by atoms with Gasteiger partial charge in [0.25, 0.3) is 0 Å². The summed E-state index contributed by atoms with van der Waals surface area (Å²) in [6.45, 7) is 10.7. The first kappa shape index (κ1) is 18.1. The molecule has 0 aliphatic rings. The van der Waals surface area contributed by atoms with E-state index in [1.165, 1.54) is 6.08 Å². The summed E-state index contributed by atoms with van der Waals surface area (Å²) < 4.78 is 10.7. The molecule has 0 saturated carbocycles. The number of hydrogen-bond acceptors (Lipinski definition) is 4. The lowest BCUT2D eigenvalue weighted by Gasteiger charge is -2.15. The van der Waals surface area contributed by atoms with Crippen molar-refractivity contribution in [1.82, 2.24) is 5.32 Å². The molecule has 111 valence electrons. The average molecular weight is 272 g/mol. The Balaban J connectivity index is 3.29. The number of carbonyl (C=O) groups is 1. The van der Waals surface area contributed by atoms with Crippen molar-refractivity contribution in [1.29, 1.82) is 0 Å². The number of nitrogens with one attached hydrogen (secondary N) is 1. The van der Waals surface area contributed by atoms with Crippen LogP contribution >= 0.6 is 0 Å². The van der Waals surface area contributed by atoms with Crippen LogP contribution in [-0.2, 0) is 14.3 Å². The molecule has 5 heteroatoms. The summed E-state index contributed by atoms with van der Waals surface area (Å²) in [6, 6.07) is 0. The van der Waals surface area contributed by atoms with E-state index in [9.17, 15) is 9.90 Å². The fourth-order valence-corrected chi connectivity index (χ4v) is 1.24. The molecule has 0 fully saturated rings. The van der Waals surface area contributed by atoms with Crippen molar-refractivity contribution >= 4 is 5.91 Å². The topological polar surface area (TPSA) is 67.8 Å². The quantitative estimate of drug-likeness (QED) is 0.412. The normalized spacial score (nSPS) is 13.8. The molecule has 1 amide bonds. The Morgan fingerprint density at radius 2 is 2.16 bits per heavy atom. The summed E-state index contributed by atoms with van der Waals surface area (Å²) in [7, 11) is 0. The third kappa shape index (κ3) is 11.9. The van der Waals surface area contributed by atoms with E-state index in [-0.39, 0.29) is 25.2 Å². The number of carbonyl (C=O) groups excluding carboxylic acids is 1. The first-order valence-corrected chi connectivity index (χ1v) is 6.67. The summed E-state index contributed by atoms with van der Waals surface area (Å²) in [5.74, 6) is -0.159. The van der Waals surface area contributed by atoms with E-state index in [1.54, 1.807) is 0 Å². The van der Waals surface area contributed by atoms with E-state index in [0.29, 0.717) is 19.6 Å². The summed E-state index contributed by atoms with van der Waals surface area (Å²) in [4.78, 5) is 10.8. The van der Waals surface area contributed by atoms with E-state index in [1.807, 2.05) is 6.92 Å². The molecular weight excluding hydrogens is 246 g/mol. The molecule has 0 rings (SSSR count). The van der Waals surface area contributed by atoms with Gasteiger partial charge in [-0.05, 0) is 32.3 Å². The number of aliphatic hydroxyl groups excluding tert-OH is 1. The van der Waals surface area contributed by atoms with Crippen LogP contribution in [0.2, 0.25) is 0 Å². The maximum atomic E-state index is 10.8. The zero-order valence-electron chi connectivity index (χ0n) is 11.8. The van der Waals surface area contributed by atoms with Gasteiger partial charge in [-0.2, -0.15) is 0 Å². The van der Waals surface area contributed by atoms with Gasteiger partial charge in [-0.3, -0.25) is 4.79 Å². The van der Waals surface area contributed by atoms with Crippen molar-refractivity contribution < 1.29 is 19.4 Å². The van der Waals surface area contributed by atoms with Crippen LogP contribution in [0, 0.1) is 6.92 Å². The lowest BCUT2D eigenvalue weighted by atomic mass is 10.3. The summed E-state index contributed by atoms with van der Waals surface area (Å²) in [5, 5.41) is 12.2. The van der Waals surface area contributed by atoms with Gasteiger partial charge in [-0.1, -0.05) is 13.5 Å². The van der Waals surface area contributed by atoms with Crippen molar-refractivity contribution in [2.45, 2.75) is 38.4 Å². The van der Waals surface area contributed by atoms with Gasteiger partial charge in [0.05, 0.1) is 19.3 Å². The second-order valence-electron chi connectivity index (χ2n) is 4.36. The van der Waals surface area contributed by atoms with Crippen LogP contribution in [0.25, 0.3) is 0 Å². The van der Waals surface area contributed by atoms with Crippen LogP contribution in [-0.4, -0.2) is 49.6 Å². The van der Waals surface area contributed by atoms with Crippen molar-refractivity contribution in [2.75, 3.05) is 26.4 Å². The SMILES string of the molecule is [CH2]CC(C)OCC(O)COCCCCNC(=O)C=C. The Morgan fingerprint density at radius 1 is 1.42 bits per heavy atom. The smallest absolute Gasteiger partial charge is 0.243 e. The Kier molecular flexibility index (Phi) is 11.6. The maximum Gasteiger partial charge on any atom is 0.243 e. The van der Waals surface area contributed by atoms with Crippen molar-refractivity contribution in [3.8, 4) is 0 Å². The van der Waals surface area contributed by atoms with Gasteiger partial charge >= 0.3 is 0 Å². The molecule has 0 bridgehead atoms. The van der Waals surface area contributed by atoms with Crippen molar-refractivity contribution in [2.24, 2.45) is 0 Å². The highest BCUT2D eigenvalue weighted by Gasteiger charge is 2.06. The highest BCUT2D eigenvalue weighted by molar-refractivity contribution is 5.86. The Labute approximate surface area is 116 Å². The van der Waals surface area contributed by atoms with Gasteiger partial charge in [-0.25, -0.2) is 0 Å². The van der Waals surface area contributed by atoms with Crippen LogP contribution in [0.5, 0.6) is 0 Å². The van der Waals surface area contributed by atoms with Gasteiger partial charge in [0.15, 0.2) is 0 Å². The number of rotatable bonds is 12. The lowest BCUT2D eigenvalue weighted by Crippen LogP contribution is -2.25. The number of hydrogen-bond donors (Lipinski definition) is 2. The fourth-order valence-electron chi connectivity index (χ4n) is 1.24. The third-order valence-corrected chi connectivity index (χ3v) is 2.49. The Hall–Kier alpha value is -0.910. The molecule has 2 N–H and O–H groups in total. The first-order valence-electron chi connectivity index (χ1n) is 6.67. The molecule has 0 aliphatic heterocycles. The molecule has 2 atom stereocenters. The van der Waals surface area contributed by atoms with Gasteiger partial charge in [0.1, 0.15) is 6.10 Å². The molecule has 0 saturated heterocycles. The van der Waals surface area contributed by atoms with Gasteiger partial charge in [0.2, 0.25) is 5.91 Å². The first-order chi connectivity index (χ1) is 9.10. The van der Waals surface area contributed by atoms with E-state index in [4.69, 9.17) is 9.47 Å². The molecular formula is C14H26NO4. The molecule has 0 aliphatic carbocycles. The molecule has 0 aromatic carbocycles. The second-order valence-corrected chi connectivity index (χ2v) is 4.36. The highest BCUT2D eigenvalue weighted by atomic mass is 16.5. The zero-order valence-corrected chi connectivity index (χ0v) is 11.8. The number of amides is 1. The third-order valence-electron chi connectivity index (χ3n) is 2.49. The molecule has 0 heterocycles. The average Bonchev–Trinajstić information content (AvgIpc) is 2.43. The van der Waals surface area contributed by atoms with Crippen molar-refractivity contribution in [3.05, 3.63) is 19.6 Å². The molecule has 0 aromatic rings. The minimum absolute atomic E-state index is 0.0584. The van der Waals surface area contributed by atoms with Crippen LogP contribution in [0.1, 0.15) is 26.2 Å². The van der Waals surface area contributed by atoms with Crippen LogP contribution < -0.4 is 5.32 Å². The molecule has 2 unspecified atom stereocenters. The minimum Gasteiger partial charge on any atom is -0.388 e. The number of aliphatic hydroxyl groups is 1. The standard InChI is InChI=1S/C14H26NO4/c1-4-12(3)19-11-13(16)10-18-9-7-6-8-15-14(17)5-2/h5,12-13,16H,1-2,4,6-11H2,3H3,(H,15,17). The number of unbranched alkanes of at least 4 members (excludes halogenated alkanes) is 1. The van der Waals surface area contributed by atoms with Crippen LogP contribution in [0.3, 0.4) is 0 Å². The van der Waals surface area contributed by atoms with Crippen molar-refractivity contribution in [3.63, 3.8) is 0 Å². The van der Waals surface area contributed by atoms with E-state index < -0.39 is 6.10 Å². The molecule has 0 aromatic heterocycles. The maximum absolute atomic E-state index is 10.8. The van der Waals surface area contributed by atoms with E-state index in [2.05, 4.69) is 18.8 Å². The summed E-state index contributed by atoms with van der Waals surface area (Å²) >= 11 is 0. The second kappa shape index (κ2) is 12.1. The summed E-state index contributed by atoms with van der Waals surface area (Å²) in [5.41, 5.74) is 0. The van der Waals surface area contributed by atoms with Gasteiger partial charge in [0, 0.05) is 13.2 Å². The monoisotopic (exact) mass is 272 g/mol. The zero-order chi connectivity index (χ0) is 14.5. The molecule has 1 radical (unpaired) electrons. The van der Waals surface area contributed by atoms with Gasteiger partial charge in [-0.15, -0.1) is 0 Å². The van der Waals surface area contributed by atoms with E-state index >= 15 is 0 Å². The minimum atomic E-state index is -0.602. The molecule has 0 spiro atoms. The summed E-state index contributed by atoms with van der Waals surface area (Å²) in [6.07, 6.45) is 3.06. The Bertz CT molecular complexity index is 246. The highest BCUT2D eigenvalue weighted by Crippen LogP contribution is 1.98.